The second-order valence-electron chi connectivity index (χ2n) is 3.96. The third kappa shape index (κ3) is 3.24. The molecule has 1 aromatic heterocycles. The van der Waals surface area contributed by atoms with Crippen LogP contribution in [0.15, 0.2) is 34.5 Å². The first-order chi connectivity index (χ1) is 9.45. The van der Waals surface area contributed by atoms with E-state index in [4.69, 9.17) is 11.6 Å². The number of alkyl halides is 3. The van der Waals surface area contributed by atoms with E-state index in [9.17, 15) is 13.2 Å². The van der Waals surface area contributed by atoms with Gasteiger partial charge in [-0.15, -0.1) is 27.2 Å². The van der Waals surface area contributed by atoms with Gasteiger partial charge in [0.2, 0.25) is 5.16 Å². The summed E-state index contributed by atoms with van der Waals surface area (Å²) in [6.45, 7) is 0. The maximum absolute atomic E-state index is 12.8. The smallest absolute Gasteiger partial charge is 0.182 e. The normalized spacial score (nSPS) is 14.2. The lowest BCUT2D eigenvalue weighted by Crippen LogP contribution is -2.18. The van der Waals surface area contributed by atoms with E-state index in [0.717, 1.165) is 22.0 Å². The van der Waals surface area contributed by atoms with Gasteiger partial charge in [-0.2, -0.15) is 22.9 Å². The predicted octanol–water partition coefficient (Wildman–Crippen LogP) is 3.89. The van der Waals surface area contributed by atoms with Gasteiger partial charge >= 0.3 is 6.18 Å². The van der Waals surface area contributed by atoms with Crippen molar-refractivity contribution in [3.8, 4) is 0 Å². The van der Waals surface area contributed by atoms with Gasteiger partial charge in [0, 0.05) is 10.8 Å². The molecule has 2 heterocycles. The van der Waals surface area contributed by atoms with E-state index in [1.54, 1.807) is 24.3 Å². The van der Waals surface area contributed by atoms with Gasteiger partial charge in [-0.1, -0.05) is 35.5 Å². The summed E-state index contributed by atoms with van der Waals surface area (Å²) in [4.78, 5) is 0. The number of aromatic nitrogens is 3. The summed E-state index contributed by atoms with van der Waals surface area (Å²) in [7, 11) is 0. The maximum Gasteiger partial charge on any atom is 0.453 e. The molecule has 1 aliphatic rings. The number of nitrogens with zero attached hydrogens (tertiary/aromatic N) is 4. The zero-order valence-electron chi connectivity index (χ0n) is 10.1. The largest absolute Gasteiger partial charge is 0.453 e. The fourth-order valence-corrected chi connectivity index (χ4v) is 2.65. The summed E-state index contributed by atoms with van der Waals surface area (Å²) >= 11 is 6.94. The monoisotopic (exact) mass is 398 g/mol. The molecule has 0 fully saturated rings. The molecule has 21 heavy (non-hydrogen) atoms. The topological polar surface area (TPSA) is 43.1 Å². The fraction of sp³-hybridized carbons (Fsp3) is 0.182. The minimum absolute atomic E-state index is 0. The van der Waals surface area contributed by atoms with E-state index in [2.05, 4.69) is 15.3 Å². The number of halogens is 5. The second kappa shape index (κ2) is 5.98. The van der Waals surface area contributed by atoms with Crippen molar-refractivity contribution in [2.45, 2.75) is 11.3 Å². The Labute approximate surface area is 137 Å². The van der Waals surface area contributed by atoms with Crippen molar-refractivity contribution in [2.75, 3.05) is 5.75 Å². The lowest BCUT2D eigenvalue weighted by atomic mass is 10.1. The Morgan fingerprint density at radius 3 is 2.43 bits per heavy atom. The molecule has 0 radical (unpaired) electrons. The van der Waals surface area contributed by atoms with Gasteiger partial charge in [0.15, 0.2) is 0 Å². The van der Waals surface area contributed by atoms with Crippen molar-refractivity contribution in [1.82, 2.24) is 14.9 Å². The minimum Gasteiger partial charge on any atom is -0.182 e. The number of hydrogen-bond donors (Lipinski definition) is 0. The molecule has 112 valence electrons. The first-order valence-electron chi connectivity index (χ1n) is 5.44. The van der Waals surface area contributed by atoms with Crippen LogP contribution in [0, 0.1) is 0 Å². The third-order valence-corrected chi connectivity index (χ3v) is 3.78. The summed E-state index contributed by atoms with van der Waals surface area (Å²) in [5.41, 5.74) is 1.24. The number of thioether (sulfide) groups is 1. The fourth-order valence-electron chi connectivity index (χ4n) is 1.69. The van der Waals surface area contributed by atoms with E-state index < -0.39 is 12.0 Å². The summed E-state index contributed by atoms with van der Waals surface area (Å²) < 4.78 is 39.1. The van der Waals surface area contributed by atoms with Gasteiger partial charge in [-0.25, -0.2) is 0 Å². The van der Waals surface area contributed by atoms with Crippen molar-refractivity contribution in [2.24, 2.45) is 5.10 Å². The highest BCUT2D eigenvalue weighted by atomic mass is 79.9. The van der Waals surface area contributed by atoms with Gasteiger partial charge in [-0.3, -0.25) is 0 Å². The number of hydrogen-bond acceptors (Lipinski definition) is 4. The molecule has 2 aromatic rings. The summed E-state index contributed by atoms with van der Waals surface area (Å²) in [5, 5.41) is 11.3. The number of benzene rings is 1. The predicted molar refractivity (Wildman–Crippen MR) is 79.5 cm³/mol. The molecule has 1 aromatic carbocycles. The van der Waals surface area contributed by atoms with Crippen molar-refractivity contribution >= 4 is 46.1 Å². The van der Waals surface area contributed by atoms with Crippen LogP contribution in [0.5, 0.6) is 0 Å². The highest BCUT2D eigenvalue weighted by Gasteiger charge is 2.39. The molecule has 0 aliphatic carbocycles. The van der Waals surface area contributed by atoms with E-state index in [0.29, 0.717) is 16.5 Å². The number of fused-ring (bicyclic) bond motifs is 1. The molecular formula is C11H7BrClF3N4S. The lowest BCUT2D eigenvalue weighted by Gasteiger charge is -2.14. The van der Waals surface area contributed by atoms with Gasteiger partial charge in [0.05, 0.1) is 5.71 Å². The van der Waals surface area contributed by atoms with Crippen molar-refractivity contribution in [3.63, 3.8) is 0 Å². The third-order valence-electron chi connectivity index (χ3n) is 2.60. The van der Waals surface area contributed by atoms with Crippen LogP contribution in [-0.4, -0.2) is 26.3 Å². The summed E-state index contributed by atoms with van der Waals surface area (Å²) in [6.07, 6.45) is -4.59. The Morgan fingerprint density at radius 2 is 1.81 bits per heavy atom. The minimum atomic E-state index is -4.59. The molecule has 0 unspecified atom stereocenters. The molecule has 10 heteroatoms. The average molecular weight is 400 g/mol. The molecule has 0 saturated heterocycles. The Bertz CT molecular complexity index is 684. The zero-order chi connectivity index (χ0) is 14.3. The molecule has 0 N–H and O–H groups in total. The van der Waals surface area contributed by atoms with Gasteiger partial charge < -0.3 is 0 Å². The highest BCUT2D eigenvalue weighted by molar-refractivity contribution is 8.93. The van der Waals surface area contributed by atoms with Crippen LogP contribution in [-0.2, 0) is 6.18 Å². The summed E-state index contributed by atoms with van der Waals surface area (Å²) in [6, 6.07) is 6.75. The first kappa shape index (κ1) is 16.3. The van der Waals surface area contributed by atoms with E-state index in [-0.39, 0.29) is 22.1 Å². The Kier molecular flexibility index (Phi) is 4.64. The molecule has 0 spiro atoms. The van der Waals surface area contributed by atoms with E-state index >= 15 is 0 Å². The van der Waals surface area contributed by atoms with Crippen LogP contribution >= 0.6 is 40.3 Å². The van der Waals surface area contributed by atoms with E-state index in [1.807, 2.05) is 0 Å². The van der Waals surface area contributed by atoms with Crippen LogP contribution in [0.4, 0.5) is 13.2 Å². The van der Waals surface area contributed by atoms with Crippen molar-refractivity contribution < 1.29 is 13.2 Å². The van der Waals surface area contributed by atoms with Crippen LogP contribution in [0.25, 0.3) is 0 Å². The van der Waals surface area contributed by atoms with Crippen LogP contribution in [0.3, 0.4) is 0 Å². The van der Waals surface area contributed by atoms with Crippen LogP contribution < -0.4 is 0 Å². The quantitative estimate of drug-likeness (QED) is 0.731. The molecule has 0 saturated carbocycles. The van der Waals surface area contributed by atoms with Crippen LogP contribution in [0.1, 0.15) is 11.4 Å². The Balaban J connectivity index is 0.00000161. The molecule has 0 bridgehead atoms. The van der Waals surface area contributed by atoms with Gasteiger partial charge in [0.25, 0.3) is 5.82 Å². The summed E-state index contributed by atoms with van der Waals surface area (Å²) in [5.74, 6) is -0.691. The standard InChI is InChI=1S/C11H6ClF3N4S.BrH/c12-7-3-1-6(2-4-7)8-5-20-10-17-16-9(11(13,14)15)19(10)18-8;/h1-4H,5H2;1H. The Morgan fingerprint density at radius 1 is 1.14 bits per heavy atom. The number of rotatable bonds is 1. The van der Waals surface area contributed by atoms with Gasteiger partial charge in [0.1, 0.15) is 0 Å². The highest BCUT2D eigenvalue weighted by Crippen LogP contribution is 2.32. The van der Waals surface area contributed by atoms with Gasteiger partial charge in [-0.05, 0) is 17.7 Å². The van der Waals surface area contributed by atoms with Crippen molar-refractivity contribution in [3.05, 3.63) is 40.7 Å². The Hall–Kier alpha value is -1.06. The second-order valence-corrected chi connectivity index (χ2v) is 5.34. The van der Waals surface area contributed by atoms with E-state index in [1.165, 1.54) is 0 Å². The molecule has 0 amide bonds. The molecule has 3 rings (SSSR count). The SMILES string of the molecule is Br.FC(F)(F)c1nnc2n1N=C(c1ccc(Cl)cc1)CS2. The molecular weight excluding hydrogens is 393 g/mol. The molecule has 0 atom stereocenters. The molecule has 4 nitrogen and oxygen atoms in total. The zero-order valence-corrected chi connectivity index (χ0v) is 13.4. The average Bonchev–Trinajstić information content (AvgIpc) is 2.82. The first-order valence-corrected chi connectivity index (χ1v) is 6.81. The van der Waals surface area contributed by atoms with Crippen LogP contribution in [0.2, 0.25) is 5.02 Å². The maximum atomic E-state index is 12.8. The lowest BCUT2D eigenvalue weighted by molar-refractivity contribution is -0.147. The van der Waals surface area contributed by atoms with Crippen molar-refractivity contribution in [1.29, 1.82) is 0 Å². The molecule has 1 aliphatic heterocycles.